The Balaban J connectivity index is 1.89. The van der Waals surface area contributed by atoms with Crippen LogP contribution in [0.3, 0.4) is 0 Å². The molecule has 116 valence electrons. The molecule has 0 bridgehead atoms. The van der Waals surface area contributed by atoms with Crippen molar-refractivity contribution in [2.24, 2.45) is 17.1 Å². The molecule has 0 aromatic heterocycles. The van der Waals surface area contributed by atoms with Crippen molar-refractivity contribution in [1.82, 2.24) is 5.32 Å². The summed E-state index contributed by atoms with van der Waals surface area (Å²) < 4.78 is 5.63. The minimum absolute atomic E-state index is 0.0420. The Hall–Kier alpha value is -0.650. The Morgan fingerprint density at radius 3 is 2.65 bits per heavy atom. The Morgan fingerprint density at radius 1 is 1.45 bits per heavy atom. The first-order valence-corrected chi connectivity index (χ1v) is 7.69. The van der Waals surface area contributed by atoms with Crippen LogP contribution in [0.5, 0.6) is 0 Å². The molecule has 0 aromatic carbocycles. The second-order valence-corrected chi connectivity index (χ2v) is 6.81. The zero-order chi connectivity index (χ0) is 15.0. The van der Waals surface area contributed by atoms with Crippen LogP contribution in [0, 0.1) is 11.3 Å². The van der Waals surface area contributed by atoms with Crippen molar-refractivity contribution >= 4 is 5.91 Å². The van der Waals surface area contributed by atoms with E-state index < -0.39 is 5.54 Å². The van der Waals surface area contributed by atoms with Crippen molar-refractivity contribution in [3.63, 3.8) is 0 Å². The molecule has 1 amide bonds. The minimum atomic E-state index is -0.865. The highest BCUT2D eigenvalue weighted by atomic mass is 16.5. The summed E-state index contributed by atoms with van der Waals surface area (Å²) >= 11 is 0. The van der Waals surface area contributed by atoms with E-state index in [0.717, 1.165) is 19.3 Å². The topological polar surface area (TPSA) is 84.6 Å². The van der Waals surface area contributed by atoms with Gasteiger partial charge in [-0.3, -0.25) is 4.79 Å². The fraction of sp³-hybridized carbons (Fsp3) is 0.933. The summed E-state index contributed by atoms with van der Waals surface area (Å²) in [6.07, 6.45) is 3.17. The molecule has 4 unspecified atom stereocenters. The molecule has 2 fully saturated rings. The van der Waals surface area contributed by atoms with Crippen LogP contribution in [0.4, 0.5) is 0 Å². The average molecular weight is 284 g/mol. The zero-order valence-corrected chi connectivity index (χ0v) is 12.8. The lowest BCUT2D eigenvalue weighted by Crippen LogP contribution is -2.76. The highest BCUT2D eigenvalue weighted by molar-refractivity contribution is 5.88. The molecular weight excluding hydrogens is 256 g/mol. The van der Waals surface area contributed by atoms with Crippen LogP contribution < -0.4 is 11.1 Å². The van der Waals surface area contributed by atoms with Crippen molar-refractivity contribution in [3.8, 4) is 0 Å². The second kappa shape index (κ2) is 5.62. The molecule has 20 heavy (non-hydrogen) atoms. The highest BCUT2D eigenvalue weighted by Gasteiger charge is 2.62. The van der Waals surface area contributed by atoms with Gasteiger partial charge in [-0.15, -0.1) is 0 Å². The van der Waals surface area contributed by atoms with E-state index in [9.17, 15) is 9.90 Å². The smallest absolute Gasteiger partial charge is 0.240 e. The number of rotatable bonds is 5. The largest absolute Gasteiger partial charge is 0.393 e. The Morgan fingerprint density at radius 2 is 2.15 bits per heavy atom. The minimum Gasteiger partial charge on any atom is -0.393 e. The van der Waals surface area contributed by atoms with Gasteiger partial charge in [-0.2, -0.15) is 0 Å². The summed E-state index contributed by atoms with van der Waals surface area (Å²) in [5, 5.41) is 12.7. The molecule has 0 saturated heterocycles. The second-order valence-electron chi connectivity index (χ2n) is 6.81. The molecule has 2 saturated carbocycles. The summed E-state index contributed by atoms with van der Waals surface area (Å²) in [5.74, 6) is 0.0611. The highest BCUT2D eigenvalue weighted by Crippen LogP contribution is 2.49. The quantitative estimate of drug-likeness (QED) is 0.697. The lowest BCUT2D eigenvalue weighted by atomic mass is 9.54. The molecule has 0 aromatic rings. The number of carbonyl (C=O) groups is 1. The third-order valence-electron chi connectivity index (χ3n) is 5.38. The SMILES string of the molecule is CCOC1CC(N)(C(=O)NCC2CCCC2O)C1(C)C. The van der Waals surface area contributed by atoms with Gasteiger partial charge in [0.25, 0.3) is 0 Å². The number of hydrogen-bond donors (Lipinski definition) is 3. The van der Waals surface area contributed by atoms with Gasteiger partial charge in [0.05, 0.1) is 12.2 Å². The van der Waals surface area contributed by atoms with Gasteiger partial charge in [-0.25, -0.2) is 0 Å². The summed E-state index contributed by atoms with van der Waals surface area (Å²) in [7, 11) is 0. The summed E-state index contributed by atoms with van der Waals surface area (Å²) in [6, 6.07) is 0. The first-order valence-electron chi connectivity index (χ1n) is 7.69. The van der Waals surface area contributed by atoms with Crippen molar-refractivity contribution in [2.45, 2.75) is 64.2 Å². The fourth-order valence-corrected chi connectivity index (χ4v) is 3.46. The number of amides is 1. The Labute approximate surface area is 121 Å². The molecule has 2 aliphatic carbocycles. The third kappa shape index (κ3) is 2.47. The van der Waals surface area contributed by atoms with Gasteiger partial charge in [0, 0.05) is 30.9 Å². The molecule has 0 radical (unpaired) electrons. The number of aliphatic hydroxyl groups is 1. The zero-order valence-electron chi connectivity index (χ0n) is 12.8. The lowest BCUT2D eigenvalue weighted by molar-refractivity contribution is -0.170. The summed E-state index contributed by atoms with van der Waals surface area (Å²) in [5.41, 5.74) is 5.09. The first-order chi connectivity index (χ1) is 9.33. The Bertz CT molecular complexity index is 372. The van der Waals surface area contributed by atoms with E-state index >= 15 is 0 Å². The lowest BCUT2D eigenvalue weighted by Gasteiger charge is -2.57. The van der Waals surface area contributed by atoms with E-state index in [-0.39, 0.29) is 29.4 Å². The molecule has 5 heteroatoms. The number of nitrogens with one attached hydrogen (secondary N) is 1. The van der Waals surface area contributed by atoms with Gasteiger partial charge in [-0.05, 0) is 19.8 Å². The maximum atomic E-state index is 12.4. The van der Waals surface area contributed by atoms with Crippen molar-refractivity contribution < 1.29 is 14.6 Å². The van der Waals surface area contributed by atoms with E-state index in [4.69, 9.17) is 10.5 Å². The van der Waals surface area contributed by atoms with Crippen molar-refractivity contribution in [1.29, 1.82) is 0 Å². The maximum absolute atomic E-state index is 12.4. The van der Waals surface area contributed by atoms with E-state index in [2.05, 4.69) is 5.32 Å². The van der Waals surface area contributed by atoms with Crippen LogP contribution in [0.2, 0.25) is 0 Å². The van der Waals surface area contributed by atoms with Crippen LogP contribution in [0.15, 0.2) is 0 Å². The van der Waals surface area contributed by atoms with Gasteiger partial charge in [-0.1, -0.05) is 20.3 Å². The fourth-order valence-electron chi connectivity index (χ4n) is 3.46. The number of aliphatic hydroxyl groups excluding tert-OH is 1. The van der Waals surface area contributed by atoms with E-state index in [1.807, 2.05) is 20.8 Å². The molecule has 4 N–H and O–H groups in total. The van der Waals surface area contributed by atoms with Gasteiger partial charge < -0.3 is 20.9 Å². The normalized spacial score (nSPS) is 39.4. The van der Waals surface area contributed by atoms with Gasteiger partial charge in [0.1, 0.15) is 5.54 Å². The van der Waals surface area contributed by atoms with E-state index in [1.165, 1.54) is 0 Å². The van der Waals surface area contributed by atoms with Crippen LogP contribution in [0.25, 0.3) is 0 Å². The predicted octanol–water partition coefficient (Wildman–Crippen LogP) is 0.796. The number of hydrogen-bond acceptors (Lipinski definition) is 4. The number of carbonyl (C=O) groups excluding carboxylic acids is 1. The van der Waals surface area contributed by atoms with Crippen molar-refractivity contribution in [2.75, 3.05) is 13.2 Å². The molecular formula is C15H28N2O3. The van der Waals surface area contributed by atoms with E-state index in [1.54, 1.807) is 0 Å². The van der Waals surface area contributed by atoms with E-state index in [0.29, 0.717) is 19.6 Å². The van der Waals surface area contributed by atoms with Gasteiger partial charge in [0.2, 0.25) is 5.91 Å². The molecule has 2 rings (SSSR count). The number of ether oxygens (including phenoxy) is 1. The summed E-state index contributed by atoms with van der Waals surface area (Å²) in [4.78, 5) is 12.4. The first kappa shape index (κ1) is 15.7. The van der Waals surface area contributed by atoms with Crippen LogP contribution in [-0.2, 0) is 9.53 Å². The summed E-state index contributed by atoms with van der Waals surface area (Å²) in [6.45, 7) is 7.09. The molecule has 0 heterocycles. The average Bonchev–Trinajstić information content (AvgIpc) is 2.81. The standard InChI is InChI=1S/C15H28N2O3/c1-4-20-12-8-15(16,14(12,2)3)13(19)17-9-10-6-5-7-11(10)18/h10-12,18H,4-9,16H2,1-3H3,(H,17,19). The van der Waals surface area contributed by atoms with Crippen LogP contribution >= 0.6 is 0 Å². The molecule has 2 aliphatic rings. The monoisotopic (exact) mass is 284 g/mol. The third-order valence-corrected chi connectivity index (χ3v) is 5.38. The van der Waals surface area contributed by atoms with Crippen LogP contribution in [0.1, 0.15) is 46.5 Å². The molecule has 0 spiro atoms. The molecule has 4 atom stereocenters. The maximum Gasteiger partial charge on any atom is 0.240 e. The predicted molar refractivity (Wildman–Crippen MR) is 77.1 cm³/mol. The molecule has 5 nitrogen and oxygen atoms in total. The Kier molecular flexibility index (Phi) is 4.42. The van der Waals surface area contributed by atoms with Crippen LogP contribution in [-0.4, -0.2) is 41.9 Å². The van der Waals surface area contributed by atoms with Gasteiger partial charge in [0.15, 0.2) is 0 Å². The molecule has 0 aliphatic heterocycles. The van der Waals surface area contributed by atoms with Gasteiger partial charge >= 0.3 is 0 Å². The number of nitrogens with two attached hydrogens (primary N) is 1. The van der Waals surface area contributed by atoms with Crippen molar-refractivity contribution in [3.05, 3.63) is 0 Å².